The summed E-state index contributed by atoms with van der Waals surface area (Å²) in [6.07, 6.45) is 6.87. The van der Waals surface area contributed by atoms with Crippen molar-refractivity contribution < 1.29 is 9.53 Å². The van der Waals surface area contributed by atoms with Crippen LogP contribution in [0.25, 0.3) is 0 Å². The number of likely N-dealkylation sites (tertiary alicyclic amines) is 2. The first-order valence-electron chi connectivity index (χ1n) is 14.1. The molecule has 0 spiro atoms. The van der Waals surface area contributed by atoms with E-state index in [1.165, 1.54) is 30.3 Å². The molecule has 2 aromatic rings. The lowest BCUT2D eigenvalue weighted by Crippen LogP contribution is -2.58. The Hall–Kier alpha value is -2.20. The van der Waals surface area contributed by atoms with Gasteiger partial charge in [-0.25, -0.2) is 9.97 Å². The number of carbonyl (C=O) groups is 1. The van der Waals surface area contributed by atoms with E-state index in [-0.39, 0.29) is 17.4 Å². The van der Waals surface area contributed by atoms with Crippen LogP contribution in [0.2, 0.25) is 0 Å². The first-order chi connectivity index (χ1) is 18.6. The fourth-order valence-corrected chi connectivity index (χ4v) is 6.28. The van der Waals surface area contributed by atoms with Crippen LogP contribution in [0, 0.1) is 6.92 Å². The summed E-state index contributed by atoms with van der Waals surface area (Å²) >= 11 is 1.81. The minimum atomic E-state index is -0.0479. The summed E-state index contributed by atoms with van der Waals surface area (Å²) in [6, 6.07) is 9.63. The Balaban J connectivity index is 1.37. The van der Waals surface area contributed by atoms with Crippen LogP contribution >= 0.6 is 11.9 Å². The van der Waals surface area contributed by atoms with Gasteiger partial charge in [0.1, 0.15) is 17.8 Å². The van der Waals surface area contributed by atoms with Crippen LogP contribution in [0.15, 0.2) is 30.6 Å². The number of hydrogen-bond acceptors (Lipinski definition) is 8. The molecule has 2 saturated heterocycles. The summed E-state index contributed by atoms with van der Waals surface area (Å²) < 4.78 is 8.32. The van der Waals surface area contributed by atoms with E-state index in [1.54, 1.807) is 7.11 Å². The predicted molar refractivity (Wildman–Crippen MR) is 160 cm³/mol. The van der Waals surface area contributed by atoms with E-state index in [4.69, 9.17) is 4.74 Å². The number of rotatable bonds is 8. The molecule has 0 saturated carbocycles. The third-order valence-corrected chi connectivity index (χ3v) is 9.33. The molecule has 0 bridgehead atoms. The van der Waals surface area contributed by atoms with Crippen molar-refractivity contribution in [2.75, 3.05) is 51.9 Å². The zero-order chi connectivity index (χ0) is 28.2. The lowest BCUT2D eigenvalue weighted by atomic mass is 9.87. The second kappa shape index (κ2) is 13.0. The molecule has 39 heavy (non-hydrogen) atoms. The van der Waals surface area contributed by atoms with Crippen LogP contribution in [-0.2, 0) is 16.7 Å². The number of nitrogens with zero attached hydrogens (tertiary/aromatic N) is 5. The summed E-state index contributed by atoms with van der Waals surface area (Å²) in [5.41, 5.74) is 3.85. The van der Waals surface area contributed by atoms with Crippen LogP contribution in [0.4, 0.5) is 5.82 Å². The molecular weight excluding hydrogens is 508 g/mol. The van der Waals surface area contributed by atoms with Gasteiger partial charge in [0.25, 0.3) is 5.91 Å². The Morgan fingerprint density at radius 1 is 1.13 bits per heavy atom. The standard InChI is InChI=1S/C30H46N6O2S/c1-21-27(32-20-33-28(21)31-18-22-8-10-23(11-9-22)30(2,3)4)29(37)36-17-14-25(26(19-36)38-6)35-15-12-24(13-16-35)34(5)39-7/h8-11,20,24-26H,12-19H2,1-7H3,(H,31,32,33). The molecular formula is C30H46N6O2S. The average molecular weight is 555 g/mol. The number of hydrogen-bond donors (Lipinski definition) is 1. The maximum Gasteiger partial charge on any atom is 0.273 e. The smallest absolute Gasteiger partial charge is 0.273 e. The van der Waals surface area contributed by atoms with E-state index >= 15 is 0 Å². The molecule has 2 fully saturated rings. The maximum atomic E-state index is 13.6. The Morgan fingerprint density at radius 2 is 1.82 bits per heavy atom. The highest BCUT2D eigenvalue weighted by Gasteiger charge is 2.38. The number of ether oxygens (including phenoxy) is 1. The molecule has 1 aromatic carbocycles. The molecule has 3 heterocycles. The lowest BCUT2D eigenvalue weighted by molar-refractivity contribution is -0.0406. The van der Waals surface area contributed by atoms with Crippen molar-refractivity contribution in [3.05, 3.63) is 53.0 Å². The van der Waals surface area contributed by atoms with Crippen molar-refractivity contribution in [1.29, 1.82) is 0 Å². The zero-order valence-corrected chi connectivity index (χ0v) is 25.6. The Kier molecular flexibility index (Phi) is 9.91. The van der Waals surface area contributed by atoms with E-state index in [2.05, 4.69) is 82.8 Å². The highest BCUT2D eigenvalue weighted by Crippen LogP contribution is 2.28. The highest BCUT2D eigenvalue weighted by atomic mass is 32.2. The van der Waals surface area contributed by atoms with Crippen LogP contribution in [0.5, 0.6) is 0 Å². The predicted octanol–water partition coefficient (Wildman–Crippen LogP) is 4.60. The third kappa shape index (κ3) is 7.12. The molecule has 4 rings (SSSR count). The number of piperidine rings is 2. The largest absolute Gasteiger partial charge is 0.378 e. The summed E-state index contributed by atoms with van der Waals surface area (Å²) in [7, 11) is 3.96. The Labute approximate surface area is 239 Å². The number of anilines is 1. The Morgan fingerprint density at radius 3 is 2.44 bits per heavy atom. The van der Waals surface area contributed by atoms with Crippen molar-refractivity contribution in [3.8, 4) is 0 Å². The molecule has 1 aromatic heterocycles. The quantitative estimate of drug-likeness (QED) is 0.475. The van der Waals surface area contributed by atoms with Crippen LogP contribution < -0.4 is 5.32 Å². The second-order valence-corrected chi connectivity index (χ2v) is 12.8. The van der Waals surface area contributed by atoms with E-state index in [0.717, 1.165) is 25.1 Å². The molecule has 8 nitrogen and oxygen atoms in total. The lowest BCUT2D eigenvalue weighted by Gasteiger charge is -2.46. The van der Waals surface area contributed by atoms with Gasteiger partial charge in [-0.3, -0.25) is 14.0 Å². The van der Waals surface area contributed by atoms with Crippen LogP contribution in [0.1, 0.15) is 67.2 Å². The highest BCUT2D eigenvalue weighted by molar-refractivity contribution is 7.96. The molecule has 2 unspecified atom stereocenters. The number of methoxy groups -OCH3 is 1. The first-order valence-corrected chi connectivity index (χ1v) is 15.3. The van der Waals surface area contributed by atoms with Crippen molar-refractivity contribution in [1.82, 2.24) is 24.1 Å². The normalized spacial score (nSPS) is 21.4. The van der Waals surface area contributed by atoms with Gasteiger partial charge in [0.2, 0.25) is 0 Å². The molecule has 2 atom stereocenters. The van der Waals surface area contributed by atoms with E-state index in [1.807, 2.05) is 23.8 Å². The summed E-state index contributed by atoms with van der Waals surface area (Å²) in [5.74, 6) is 0.651. The van der Waals surface area contributed by atoms with Crippen molar-refractivity contribution >= 4 is 23.7 Å². The van der Waals surface area contributed by atoms with Gasteiger partial charge in [0, 0.05) is 57.5 Å². The second-order valence-electron chi connectivity index (χ2n) is 11.9. The van der Waals surface area contributed by atoms with Crippen molar-refractivity contribution in [3.63, 3.8) is 0 Å². The van der Waals surface area contributed by atoms with E-state index in [0.29, 0.717) is 43.2 Å². The maximum absolute atomic E-state index is 13.6. The topological polar surface area (TPSA) is 73.8 Å². The Bertz CT molecular complexity index is 1100. The minimum absolute atomic E-state index is 0.00617. The number of nitrogens with one attached hydrogen (secondary N) is 1. The number of carbonyl (C=O) groups excluding carboxylic acids is 1. The van der Waals surface area contributed by atoms with Crippen LogP contribution in [0.3, 0.4) is 0 Å². The number of amides is 1. The summed E-state index contributed by atoms with van der Waals surface area (Å²) in [6.45, 7) is 12.7. The van der Waals surface area contributed by atoms with Gasteiger partial charge in [-0.05, 0) is 56.0 Å². The summed E-state index contributed by atoms with van der Waals surface area (Å²) in [4.78, 5) is 26.9. The molecule has 0 aliphatic carbocycles. The molecule has 1 amide bonds. The number of aromatic nitrogens is 2. The van der Waals surface area contributed by atoms with Gasteiger partial charge < -0.3 is 15.0 Å². The summed E-state index contributed by atoms with van der Waals surface area (Å²) in [5, 5.41) is 3.41. The molecule has 0 radical (unpaired) electrons. The van der Waals surface area contributed by atoms with E-state index < -0.39 is 0 Å². The van der Waals surface area contributed by atoms with Gasteiger partial charge in [-0.2, -0.15) is 0 Å². The van der Waals surface area contributed by atoms with Crippen LogP contribution in [-0.4, -0.2) is 94.8 Å². The molecule has 214 valence electrons. The van der Waals surface area contributed by atoms with Gasteiger partial charge >= 0.3 is 0 Å². The van der Waals surface area contributed by atoms with Gasteiger partial charge in [-0.1, -0.05) is 57.0 Å². The first kappa shape index (κ1) is 29.8. The van der Waals surface area contributed by atoms with Crippen molar-refractivity contribution in [2.24, 2.45) is 0 Å². The molecule has 2 aliphatic heterocycles. The van der Waals surface area contributed by atoms with Gasteiger partial charge in [0.05, 0.1) is 6.10 Å². The van der Waals surface area contributed by atoms with Crippen molar-refractivity contribution in [2.45, 2.75) is 77.1 Å². The van der Waals surface area contributed by atoms with Gasteiger partial charge in [0.15, 0.2) is 0 Å². The fourth-order valence-electron chi connectivity index (χ4n) is 5.77. The monoisotopic (exact) mass is 554 g/mol. The zero-order valence-electron chi connectivity index (χ0n) is 24.7. The number of benzene rings is 1. The molecule has 2 aliphatic rings. The SMILES string of the molecule is COC1CN(C(=O)c2ncnc(NCc3ccc(C(C)(C)C)cc3)c2C)CCC1N1CCC(N(C)SC)CC1. The van der Waals surface area contributed by atoms with Gasteiger partial charge in [-0.15, -0.1) is 0 Å². The third-order valence-electron chi connectivity index (χ3n) is 8.45. The molecule has 9 heteroatoms. The average Bonchev–Trinajstić information content (AvgIpc) is 2.95. The minimum Gasteiger partial charge on any atom is -0.378 e. The molecule has 1 N–H and O–H groups in total. The fraction of sp³-hybridized carbons (Fsp3) is 0.633. The van der Waals surface area contributed by atoms with E-state index in [9.17, 15) is 4.79 Å².